The first-order chi connectivity index (χ1) is 20.5. The van der Waals surface area contributed by atoms with E-state index in [0.29, 0.717) is 19.8 Å². The number of ether oxygens (including phenoxy) is 5. The van der Waals surface area contributed by atoms with Crippen molar-refractivity contribution in [1.82, 2.24) is 0 Å². The Morgan fingerprint density at radius 1 is 0.524 bits per heavy atom. The summed E-state index contributed by atoms with van der Waals surface area (Å²) in [4.78, 5) is 0. The fourth-order valence-corrected chi connectivity index (χ4v) is 5.53. The molecule has 3 aromatic rings. The second-order valence-electron chi connectivity index (χ2n) is 10.8. The minimum absolute atomic E-state index is 0.140. The van der Waals surface area contributed by atoms with E-state index >= 15 is 0 Å². The molecule has 2 aliphatic heterocycles. The summed E-state index contributed by atoms with van der Waals surface area (Å²) in [7, 11) is 0. The van der Waals surface area contributed by atoms with Crippen LogP contribution in [0.5, 0.6) is 0 Å². The van der Waals surface area contributed by atoms with Crippen molar-refractivity contribution >= 4 is 0 Å². The van der Waals surface area contributed by atoms with E-state index in [1.807, 2.05) is 91.0 Å². The van der Waals surface area contributed by atoms with E-state index in [4.69, 9.17) is 23.7 Å². The molecular formula is C33H40O9. The number of hydrogen-bond donors (Lipinski definition) is 4. The molecule has 42 heavy (non-hydrogen) atoms. The number of aliphatic hydroxyl groups excluding tert-OH is 4. The maximum atomic E-state index is 10.8. The van der Waals surface area contributed by atoms with Gasteiger partial charge in [0.05, 0.1) is 45.2 Å². The van der Waals surface area contributed by atoms with Gasteiger partial charge in [-0.2, -0.15) is 0 Å². The van der Waals surface area contributed by atoms with E-state index < -0.39 is 61.5 Å². The Labute approximate surface area is 246 Å². The predicted molar refractivity (Wildman–Crippen MR) is 153 cm³/mol. The van der Waals surface area contributed by atoms with E-state index in [0.717, 1.165) is 16.7 Å². The fraction of sp³-hybridized carbons (Fsp3) is 0.455. The van der Waals surface area contributed by atoms with E-state index in [9.17, 15) is 20.4 Å². The molecule has 0 radical (unpaired) electrons. The minimum Gasteiger partial charge on any atom is -0.394 e. The first-order valence-corrected chi connectivity index (χ1v) is 14.4. The van der Waals surface area contributed by atoms with Gasteiger partial charge in [-0.1, -0.05) is 91.0 Å². The molecule has 9 atom stereocenters. The van der Waals surface area contributed by atoms with Crippen LogP contribution in [0.15, 0.2) is 91.0 Å². The van der Waals surface area contributed by atoms with Crippen LogP contribution in [-0.4, -0.2) is 88.6 Å². The topological polar surface area (TPSA) is 127 Å². The average Bonchev–Trinajstić information content (AvgIpc) is 3.36. The summed E-state index contributed by atoms with van der Waals surface area (Å²) in [6, 6.07) is 29.5. The SMILES string of the molecule is OC[C@H]1O[C@@H](C[C@@H]2O[C@H](COCc3ccccc3)[C@@H](OCc3ccccc3)[C@@H]2OCc2ccccc2)[C@H](O)[C@@H](O)[C@@H]1O. The zero-order valence-corrected chi connectivity index (χ0v) is 23.4. The van der Waals surface area contributed by atoms with Gasteiger partial charge in [0.15, 0.2) is 0 Å². The van der Waals surface area contributed by atoms with Gasteiger partial charge in [-0.05, 0) is 16.7 Å². The molecular weight excluding hydrogens is 540 g/mol. The summed E-state index contributed by atoms with van der Waals surface area (Å²) in [6.07, 6.45) is -8.22. The lowest BCUT2D eigenvalue weighted by molar-refractivity contribution is -0.237. The molecule has 0 bridgehead atoms. The molecule has 3 aromatic carbocycles. The van der Waals surface area contributed by atoms with Gasteiger partial charge in [-0.3, -0.25) is 0 Å². The van der Waals surface area contributed by atoms with Crippen LogP contribution in [0.4, 0.5) is 0 Å². The molecule has 9 nitrogen and oxygen atoms in total. The first kappa shape index (κ1) is 30.7. The molecule has 0 unspecified atom stereocenters. The second-order valence-corrected chi connectivity index (χ2v) is 10.8. The lowest BCUT2D eigenvalue weighted by atomic mass is 9.91. The summed E-state index contributed by atoms with van der Waals surface area (Å²) in [6.45, 7) is 0.786. The van der Waals surface area contributed by atoms with Crippen LogP contribution in [0.1, 0.15) is 23.1 Å². The Morgan fingerprint density at radius 2 is 0.976 bits per heavy atom. The first-order valence-electron chi connectivity index (χ1n) is 14.4. The molecule has 2 saturated heterocycles. The number of hydrogen-bond acceptors (Lipinski definition) is 9. The predicted octanol–water partition coefficient (Wildman–Crippen LogP) is 2.37. The summed E-state index contributed by atoms with van der Waals surface area (Å²) in [5, 5.41) is 41.1. The Bertz CT molecular complexity index is 1180. The highest BCUT2D eigenvalue weighted by molar-refractivity contribution is 5.15. The van der Waals surface area contributed by atoms with E-state index in [1.165, 1.54) is 0 Å². The third-order valence-corrected chi connectivity index (χ3v) is 7.83. The van der Waals surface area contributed by atoms with Crippen molar-refractivity contribution in [2.75, 3.05) is 13.2 Å². The van der Waals surface area contributed by atoms with Crippen molar-refractivity contribution in [3.8, 4) is 0 Å². The largest absolute Gasteiger partial charge is 0.394 e. The van der Waals surface area contributed by atoms with Gasteiger partial charge in [0.1, 0.15) is 42.7 Å². The second kappa shape index (κ2) is 15.2. The van der Waals surface area contributed by atoms with Crippen molar-refractivity contribution in [1.29, 1.82) is 0 Å². The van der Waals surface area contributed by atoms with Crippen LogP contribution in [0.3, 0.4) is 0 Å². The molecule has 5 rings (SSSR count). The molecule has 2 fully saturated rings. The van der Waals surface area contributed by atoms with E-state index in [1.54, 1.807) is 0 Å². The lowest BCUT2D eigenvalue weighted by Crippen LogP contribution is -2.59. The number of aliphatic hydroxyl groups is 4. The van der Waals surface area contributed by atoms with Gasteiger partial charge in [-0.25, -0.2) is 0 Å². The standard InChI is InChI=1S/C33H40O9/c34-17-27-30(36)31(37)29(35)25(41-27)16-26-32(39-19-23-12-6-2-7-13-23)33(40-20-24-14-8-3-9-15-24)28(42-26)21-38-18-22-10-4-1-5-11-22/h1-15,25-37H,16-21H2/t25-,26-,27+,28+,29-,30+,31+,32+,33+/m0/s1. The molecule has 2 heterocycles. The third-order valence-electron chi connectivity index (χ3n) is 7.83. The van der Waals surface area contributed by atoms with Crippen LogP contribution < -0.4 is 0 Å². The Morgan fingerprint density at radius 3 is 1.50 bits per heavy atom. The molecule has 2 aliphatic rings. The van der Waals surface area contributed by atoms with Gasteiger partial charge in [0.2, 0.25) is 0 Å². The van der Waals surface area contributed by atoms with Gasteiger partial charge < -0.3 is 44.1 Å². The quantitative estimate of drug-likeness (QED) is 0.241. The lowest BCUT2D eigenvalue weighted by Gasteiger charge is -2.41. The Balaban J connectivity index is 1.35. The van der Waals surface area contributed by atoms with Crippen LogP contribution >= 0.6 is 0 Å². The maximum Gasteiger partial charge on any atom is 0.115 e. The van der Waals surface area contributed by atoms with Crippen LogP contribution in [0.2, 0.25) is 0 Å². The average molecular weight is 581 g/mol. The normalized spacial score (nSPS) is 31.3. The summed E-state index contributed by atoms with van der Waals surface area (Å²) >= 11 is 0. The van der Waals surface area contributed by atoms with E-state index in [-0.39, 0.29) is 13.0 Å². The molecule has 0 spiro atoms. The summed E-state index contributed by atoms with van der Waals surface area (Å²) in [5.41, 5.74) is 3.02. The monoisotopic (exact) mass is 580 g/mol. The summed E-state index contributed by atoms with van der Waals surface area (Å²) in [5.74, 6) is 0. The minimum atomic E-state index is -1.47. The van der Waals surface area contributed by atoms with Crippen molar-refractivity contribution in [2.24, 2.45) is 0 Å². The number of rotatable bonds is 13. The molecule has 226 valence electrons. The fourth-order valence-electron chi connectivity index (χ4n) is 5.53. The highest BCUT2D eigenvalue weighted by Crippen LogP contribution is 2.34. The van der Waals surface area contributed by atoms with Crippen LogP contribution in [0.25, 0.3) is 0 Å². The highest BCUT2D eigenvalue weighted by atomic mass is 16.6. The number of benzene rings is 3. The van der Waals surface area contributed by atoms with Crippen molar-refractivity contribution in [2.45, 2.75) is 81.2 Å². The highest BCUT2D eigenvalue weighted by Gasteiger charge is 2.50. The van der Waals surface area contributed by atoms with Crippen molar-refractivity contribution in [3.63, 3.8) is 0 Å². The van der Waals surface area contributed by atoms with Gasteiger partial charge in [0, 0.05) is 6.42 Å². The van der Waals surface area contributed by atoms with Crippen molar-refractivity contribution in [3.05, 3.63) is 108 Å². The molecule has 9 heteroatoms. The third kappa shape index (κ3) is 7.82. The zero-order chi connectivity index (χ0) is 29.3. The van der Waals surface area contributed by atoms with Crippen LogP contribution in [-0.2, 0) is 43.5 Å². The van der Waals surface area contributed by atoms with Crippen LogP contribution in [0, 0.1) is 0 Å². The maximum absolute atomic E-state index is 10.8. The molecule has 4 N–H and O–H groups in total. The van der Waals surface area contributed by atoms with E-state index in [2.05, 4.69) is 0 Å². The Kier molecular flexibility index (Phi) is 11.1. The smallest absolute Gasteiger partial charge is 0.115 e. The van der Waals surface area contributed by atoms with Crippen molar-refractivity contribution < 1.29 is 44.1 Å². The summed E-state index contributed by atoms with van der Waals surface area (Å²) < 4.78 is 31.4. The molecule has 0 saturated carbocycles. The molecule has 0 amide bonds. The Hall–Kier alpha value is -2.70. The van der Waals surface area contributed by atoms with Gasteiger partial charge in [0.25, 0.3) is 0 Å². The molecule has 0 aromatic heterocycles. The zero-order valence-electron chi connectivity index (χ0n) is 23.4. The van der Waals surface area contributed by atoms with Gasteiger partial charge in [-0.15, -0.1) is 0 Å². The molecule has 0 aliphatic carbocycles. The van der Waals surface area contributed by atoms with Gasteiger partial charge >= 0.3 is 0 Å².